The number of ether oxygens (including phenoxy) is 2. The number of nitrogens with one attached hydrogen (secondary N) is 2. The first kappa shape index (κ1) is 28.8. The van der Waals surface area contributed by atoms with Crippen molar-refractivity contribution in [2.24, 2.45) is 5.92 Å². The normalized spacial score (nSPS) is 19.1. The number of anilines is 2. The molecule has 0 aliphatic carbocycles. The molecule has 2 aliphatic heterocycles. The Morgan fingerprint density at radius 2 is 1.72 bits per heavy atom. The van der Waals surface area contributed by atoms with Crippen molar-refractivity contribution >= 4 is 52.2 Å². The lowest BCUT2D eigenvalue weighted by Gasteiger charge is -2.30. The Labute approximate surface area is 256 Å². The van der Waals surface area contributed by atoms with Crippen LogP contribution in [0.15, 0.2) is 76.6 Å². The number of benzene rings is 3. The Morgan fingerprint density at radius 3 is 2.47 bits per heavy atom. The van der Waals surface area contributed by atoms with Gasteiger partial charge in [-0.05, 0) is 62.2 Å². The summed E-state index contributed by atoms with van der Waals surface area (Å²) in [4.78, 5) is 57.3. The van der Waals surface area contributed by atoms with Gasteiger partial charge in [0.15, 0.2) is 18.1 Å². The van der Waals surface area contributed by atoms with Gasteiger partial charge in [0, 0.05) is 16.5 Å². The van der Waals surface area contributed by atoms with E-state index < -0.39 is 17.1 Å². The highest BCUT2D eigenvalue weighted by molar-refractivity contribution is 8.00. The van der Waals surface area contributed by atoms with Crippen molar-refractivity contribution in [3.8, 4) is 11.5 Å². The molecular formula is C32H29N3O6S2. The fraction of sp³-hybridized carbons (Fsp3) is 0.250. The minimum absolute atomic E-state index is 0.236. The minimum Gasteiger partial charge on any atom is -0.490 e. The summed E-state index contributed by atoms with van der Waals surface area (Å²) in [5.41, 5.74) is 3.89. The zero-order valence-electron chi connectivity index (χ0n) is 23.7. The van der Waals surface area contributed by atoms with E-state index in [2.05, 4.69) is 10.3 Å². The van der Waals surface area contributed by atoms with Crippen LogP contribution in [0, 0.1) is 19.8 Å². The second-order valence-electron chi connectivity index (χ2n) is 10.4. The number of carbonyl (C=O) groups excluding carboxylic acids is 3. The summed E-state index contributed by atoms with van der Waals surface area (Å²) >= 11 is 2.28. The van der Waals surface area contributed by atoms with Crippen LogP contribution in [0.4, 0.5) is 11.4 Å². The number of amides is 3. The van der Waals surface area contributed by atoms with Crippen LogP contribution in [0.1, 0.15) is 34.4 Å². The molecule has 3 amide bonds. The van der Waals surface area contributed by atoms with Gasteiger partial charge >= 0.3 is 4.87 Å². The maximum Gasteiger partial charge on any atom is 0.305 e. The van der Waals surface area contributed by atoms with Crippen molar-refractivity contribution in [2.45, 2.75) is 37.0 Å². The highest BCUT2D eigenvalue weighted by atomic mass is 32.2. The molecule has 0 bridgehead atoms. The fourth-order valence-corrected chi connectivity index (χ4v) is 7.99. The van der Waals surface area contributed by atoms with Crippen LogP contribution in [0.3, 0.4) is 0 Å². The minimum atomic E-state index is -0.723. The highest BCUT2D eigenvalue weighted by Gasteiger charge is 2.56. The van der Waals surface area contributed by atoms with E-state index >= 15 is 0 Å². The highest BCUT2D eigenvalue weighted by Crippen LogP contribution is 2.53. The first-order valence-electron chi connectivity index (χ1n) is 13.8. The number of nitrogens with zero attached hydrogens (tertiary/aromatic N) is 1. The van der Waals surface area contributed by atoms with Crippen molar-refractivity contribution in [2.75, 3.05) is 23.4 Å². The number of hydrogen-bond donors (Lipinski definition) is 2. The Morgan fingerprint density at radius 1 is 0.953 bits per heavy atom. The van der Waals surface area contributed by atoms with E-state index in [-0.39, 0.29) is 29.2 Å². The number of fused-ring (bicyclic) bond motifs is 2. The van der Waals surface area contributed by atoms with Gasteiger partial charge in [0.1, 0.15) is 5.25 Å². The molecule has 4 aromatic rings. The van der Waals surface area contributed by atoms with Gasteiger partial charge in [-0.1, -0.05) is 65.1 Å². The molecule has 11 heteroatoms. The van der Waals surface area contributed by atoms with E-state index in [1.807, 2.05) is 57.2 Å². The van der Waals surface area contributed by atoms with Crippen molar-refractivity contribution in [3.63, 3.8) is 0 Å². The molecular weight excluding hydrogens is 587 g/mol. The van der Waals surface area contributed by atoms with Crippen LogP contribution in [-0.4, -0.2) is 41.2 Å². The number of para-hydroxylation sites is 1. The predicted octanol–water partition coefficient (Wildman–Crippen LogP) is 5.27. The number of aromatic amines is 1. The average Bonchev–Trinajstić information content (AvgIpc) is 3.48. The van der Waals surface area contributed by atoms with Gasteiger partial charge in [-0.15, -0.1) is 0 Å². The average molecular weight is 616 g/mol. The molecule has 2 aliphatic rings. The van der Waals surface area contributed by atoms with Crippen molar-refractivity contribution < 1.29 is 23.9 Å². The molecule has 220 valence electrons. The summed E-state index contributed by atoms with van der Waals surface area (Å²) in [6.45, 7) is 5.79. The third kappa shape index (κ3) is 5.46. The first-order chi connectivity index (χ1) is 20.7. The van der Waals surface area contributed by atoms with Gasteiger partial charge in [0.2, 0.25) is 11.8 Å². The molecule has 1 fully saturated rings. The third-order valence-electron chi connectivity index (χ3n) is 7.52. The van der Waals surface area contributed by atoms with Gasteiger partial charge < -0.3 is 19.8 Å². The van der Waals surface area contributed by atoms with Crippen molar-refractivity contribution in [3.05, 3.63) is 98.0 Å². The maximum absolute atomic E-state index is 14.0. The zero-order chi connectivity index (χ0) is 30.2. The zero-order valence-corrected chi connectivity index (χ0v) is 25.3. The molecule has 3 atom stereocenters. The predicted molar refractivity (Wildman–Crippen MR) is 167 cm³/mol. The van der Waals surface area contributed by atoms with E-state index in [0.717, 1.165) is 22.5 Å². The molecule has 0 spiro atoms. The van der Waals surface area contributed by atoms with E-state index in [1.165, 1.54) is 16.7 Å². The first-order valence-corrected chi connectivity index (χ1v) is 15.5. The summed E-state index contributed by atoms with van der Waals surface area (Å²) in [7, 11) is 0. The Bertz CT molecular complexity index is 1780. The molecule has 6 rings (SSSR count). The van der Waals surface area contributed by atoms with Crippen LogP contribution in [0.5, 0.6) is 11.5 Å². The van der Waals surface area contributed by atoms with E-state index in [9.17, 15) is 19.2 Å². The van der Waals surface area contributed by atoms with Crippen LogP contribution < -0.4 is 24.6 Å². The smallest absolute Gasteiger partial charge is 0.305 e. The molecule has 2 N–H and O–H groups in total. The van der Waals surface area contributed by atoms with Crippen LogP contribution in [-0.2, 0) is 14.4 Å². The lowest BCUT2D eigenvalue weighted by atomic mass is 9.83. The monoisotopic (exact) mass is 615 g/mol. The summed E-state index contributed by atoms with van der Waals surface area (Å²) < 4.78 is 11.8. The number of thiazole rings is 1. The van der Waals surface area contributed by atoms with E-state index in [4.69, 9.17) is 9.47 Å². The molecule has 1 saturated heterocycles. The van der Waals surface area contributed by atoms with Gasteiger partial charge in [0.05, 0.1) is 23.2 Å². The molecule has 0 saturated carbocycles. The lowest BCUT2D eigenvalue weighted by molar-refractivity contribution is -0.122. The number of thioether (sulfide) groups is 1. The topological polar surface area (TPSA) is 118 Å². The Hall–Kier alpha value is -4.35. The number of imide groups is 1. The van der Waals surface area contributed by atoms with E-state index in [1.54, 1.807) is 30.3 Å². The lowest BCUT2D eigenvalue weighted by Crippen LogP contribution is -2.32. The number of H-pyrrole nitrogens is 1. The SMILES string of the molecule is CCOc1cc(C2c3sc(=O)[nH]c3SC3C(=O)N(c4ccc(C)cc4)C(=O)C32)ccc1OCC(=O)Nc1ccccc1C. The Kier molecular flexibility index (Phi) is 7.85. The number of hydrogen-bond acceptors (Lipinski definition) is 8. The number of carbonyl (C=O) groups is 3. The van der Waals surface area contributed by atoms with Gasteiger partial charge in [-0.25, -0.2) is 4.90 Å². The molecule has 43 heavy (non-hydrogen) atoms. The van der Waals surface area contributed by atoms with Gasteiger partial charge in [-0.2, -0.15) is 0 Å². The second-order valence-corrected chi connectivity index (χ2v) is 12.6. The molecule has 3 aromatic carbocycles. The molecule has 3 heterocycles. The summed E-state index contributed by atoms with van der Waals surface area (Å²) in [6, 6.07) is 20.0. The number of aryl methyl sites for hydroxylation is 2. The molecule has 1 aromatic heterocycles. The van der Waals surface area contributed by atoms with Crippen LogP contribution in [0.2, 0.25) is 0 Å². The number of rotatable bonds is 8. The molecule has 9 nitrogen and oxygen atoms in total. The Balaban J connectivity index is 1.32. The summed E-state index contributed by atoms with van der Waals surface area (Å²) in [6.07, 6.45) is 0. The van der Waals surface area contributed by atoms with Crippen LogP contribution in [0.25, 0.3) is 0 Å². The van der Waals surface area contributed by atoms with E-state index in [0.29, 0.717) is 44.9 Å². The third-order valence-corrected chi connectivity index (χ3v) is 9.92. The van der Waals surface area contributed by atoms with Crippen molar-refractivity contribution in [1.82, 2.24) is 4.98 Å². The molecule has 3 unspecified atom stereocenters. The molecule has 0 radical (unpaired) electrons. The quantitative estimate of drug-likeness (QED) is 0.260. The van der Waals surface area contributed by atoms with Crippen LogP contribution >= 0.6 is 23.1 Å². The standard InChI is InChI=1S/C32H29N3O6S2/c1-4-40-23-15-19(11-14-22(23)41-16-24(36)33-21-8-6-5-7-18(21)3)25-26-28(42-29-27(25)43-32(39)34-29)31(38)35(30(26)37)20-12-9-17(2)10-13-20/h5-15,25-26,28H,4,16H2,1-3H3,(H,33,36)(H,34,39). The largest absolute Gasteiger partial charge is 0.490 e. The maximum atomic E-state index is 14.0. The van der Waals surface area contributed by atoms with Crippen molar-refractivity contribution in [1.29, 1.82) is 0 Å². The second kappa shape index (κ2) is 11.7. The number of aromatic nitrogens is 1. The van der Waals surface area contributed by atoms with Gasteiger partial charge in [-0.3, -0.25) is 19.2 Å². The fourth-order valence-electron chi connectivity index (χ4n) is 5.47. The van der Waals surface area contributed by atoms with Gasteiger partial charge in [0.25, 0.3) is 5.91 Å². The summed E-state index contributed by atoms with van der Waals surface area (Å²) in [5, 5.41) is 2.75. The summed E-state index contributed by atoms with van der Waals surface area (Å²) in [5.74, 6) is -1.46.